The monoisotopic (exact) mass is 592 g/mol. The molecular formula is C33H28N4O3S2. The molecule has 2 N–H and O–H groups in total. The first kappa shape index (κ1) is 27.6. The standard InChI is InChI=1S/C33H28N4O3S2/c1-22-10-16-26(17-11-22)42-30-19-18-28(40-30)32-31(27-9-5-6-20-34-27)36-33(41)37(32)24-14-12-23(13-15-24)35-29(38)21-39-25-7-3-2-4-8-25/h2-20,31-32H,21H2,1H3,(H,35,38)(H,36,41)/t31-,32+/m0/s1. The number of para-hydroxylation sites is 1. The molecule has 1 aliphatic rings. The minimum atomic E-state index is -0.278. The van der Waals surface area contributed by atoms with Gasteiger partial charge in [-0.25, -0.2) is 0 Å². The number of anilines is 2. The van der Waals surface area contributed by atoms with E-state index < -0.39 is 0 Å². The quantitative estimate of drug-likeness (QED) is 0.172. The second-order valence-electron chi connectivity index (χ2n) is 9.77. The van der Waals surface area contributed by atoms with Crippen molar-refractivity contribution in [1.29, 1.82) is 0 Å². The molecule has 0 radical (unpaired) electrons. The molecule has 42 heavy (non-hydrogen) atoms. The van der Waals surface area contributed by atoms with Gasteiger partial charge in [-0.05, 0) is 91.9 Å². The molecule has 2 aromatic heterocycles. The minimum absolute atomic E-state index is 0.0822. The van der Waals surface area contributed by atoms with Crippen LogP contribution >= 0.6 is 24.0 Å². The van der Waals surface area contributed by atoms with Crippen molar-refractivity contribution in [2.45, 2.75) is 29.0 Å². The highest BCUT2D eigenvalue weighted by Crippen LogP contribution is 2.43. The van der Waals surface area contributed by atoms with Gasteiger partial charge in [0.05, 0.1) is 11.7 Å². The summed E-state index contributed by atoms with van der Waals surface area (Å²) >= 11 is 7.41. The smallest absolute Gasteiger partial charge is 0.262 e. The fourth-order valence-electron chi connectivity index (χ4n) is 4.76. The number of benzene rings is 3. The molecule has 0 aliphatic carbocycles. The van der Waals surface area contributed by atoms with Crippen LogP contribution in [-0.2, 0) is 4.79 Å². The maximum absolute atomic E-state index is 12.5. The number of nitrogens with one attached hydrogen (secondary N) is 2. The average molecular weight is 593 g/mol. The second-order valence-corrected chi connectivity index (χ2v) is 11.2. The molecule has 0 bridgehead atoms. The molecule has 1 amide bonds. The first-order valence-electron chi connectivity index (χ1n) is 13.5. The molecule has 5 aromatic rings. The Morgan fingerprint density at radius 1 is 0.976 bits per heavy atom. The van der Waals surface area contributed by atoms with Gasteiger partial charge in [-0.3, -0.25) is 9.78 Å². The Morgan fingerprint density at radius 3 is 2.48 bits per heavy atom. The van der Waals surface area contributed by atoms with E-state index in [0.717, 1.165) is 27.1 Å². The number of thiocarbonyl (C=S) groups is 1. The molecule has 6 rings (SSSR count). The topological polar surface area (TPSA) is 79.6 Å². The Morgan fingerprint density at radius 2 is 1.74 bits per heavy atom. The van der Waals surface area contributed by atoms with Crippen LogP contribution in [0.3, 0.4) is 0 Å². The number of rotatable bonds is 9. The van der Waals surface area contributed by atoms with Crippen LogP contribution in [-0.4, -0.2) is 22.6 Å². The number of nitrogens with zero attached hydrogens (tertiary/aromatic N) is 2. The van der Waals surface area contributed by atoms with Crippen molar-refractivity contribution in [2.75, 3.05) is 16.8 Å². The molecule has 1 aliphatic heterocycles. The van der Waals surface area contributed by atoms with Gasteiger partial charge in [0.2, 0.25) is 0 Å². The van der Waals surface area contributed by atoms with Crippen LogP contribution in [0.1, 0.15) is 29.1 Å². The molecule has 0 spiro atoms. The number of aromatic nitrogens is 1. The van der Waals surface area contributed by atoms with Crippen molar-refractivity contribution < 1.29 is 13.9 Å². The van der Waals surface area contributed by atoms with Crippen molar-refractivity contribution in [2.24, 2.45) is 0 Å². The van der Waals surface area contributed by atoms with E-state index in [1.807, 2.05) is 89.8 Å². The highest BCUT2D eigenvalue weighted by atomic mass is 32.2. The van der Waals surface area contributed by atoms with Crippen LogP contribution in [0.25, 0.3) is 0 Å². The van der Waals surface area contributed by atoms with E-state index in [1.54, 1.807) is 18.0 Å². The van der Waals surface area contributed by atoms with E-state index in [0.29, 0.717) is 16.5 Å². The number of carbonyl (C=O) groups is 1. The number of ether oxygens (including phenoxy) is 1. The fourth-order valence-corrected chi connectivity index (χ4v) is 5.88. The Hall–Kier alpha value is -4.60. The van der Waals surface area contributed by atoms with Gasteiger partial charge in [0.15, 0.2) is 16.8 Å². The van der Waals surface area contributed by atoms with E-state index in [-0.39, 0.29) is 24.6 Å². The molecule has 3 aromatic carbocycles. The molecule has 0 saturated carbocycles. The predicted octanol–water partition coefficient (Wildman–Crippen LogP) is 7.33. The third kappa shape index (κ3) is 6.32. The van der Waals surface area contributed by atoms with Crippen LogP contribution < -0.4 is 20.3 Å². The average Bonchev–Trinajstić information content (AvgIpc) is 3.62. The summed E-state index contributed by atoms with van der Waals surface area (Å²) in [5.74, 6) is 1.17. The van der Waals surface area contributed by atoms with Gasteiger partial charge in [0.25, 0.3) is 5.91 Å². The van der Waals surface area contributed by atoms with Gasteiger partial charge in [0.1, 0.15) is 17.6 Å². The summed E-state index contributed by atoms with van der Waals surface area (Å²) in [6.07, 6.45) is 1.78. The van der Waals surface area contributed by atoms with Crippen LogP contribution in [0.4, 0.5) is 11.4 Å². The second kappa shape index (κ2) is 12.5. The molecule has 9 heteroatoms. The number of hydrogen-bond donors (Lipinski definition) is 2. The van der Waals surface area contributed by atoms with Crippen molar-refractivity contribution in [1.82, 2.24) is 10.3 Å². The Labute approximate surface area is 253 Å². The number of furan rings is 1. The number of carbonyl (C=O) groups excluding carboxylic acids is 1. The first-order chi connectivity index (χ1) is 20.5. The van der Waals surface area contributed by atoms with Crippen molar-refractivity contribution in [3.63, 3.8) is 0 Å². The minimum Gasteiger partial charge on any atom is -0.484 e. The summed E-state index contributed by atoms with van der Waals surface area (Å²) in [7, 11) is 0. The molecule has 1 saturated heterocycles. The lowest BCUT2D eigenvalue weighted by Gasteiger charge is -2.26. The summed E-state index contributed by atoms with van der Waals surface area (Å²) in [6.45, 7) is 1.99. The van der Waals surface area contributed by atoms with Crippen molar-refractivity contribution in [3.8, 4) is 5.75 Å². The third-order valence-electron chi connectivity index (χ3n) is 6.77. The maximum atomic E-state index is 12.5. The first-order valence-corrected chi connectivity index (χ1v) is 14.7. The Bertz CT molecular complexity index is 1660. The van der Waals surface area contributed by atoms with Crippen LogP contribution in [0.2, 0.25) is 0 Å². The molecular weight excluding hydrogens is 565 g/mol. The highest BCUT2D eigenvalue weighted by Gasteiger charge is 2.42. The van der Waals surface area contributed by atoms with Crippen molar-refractivity contribution >= 4 is 46.4 Å². The van der Waals surface area contributed by atoms with E-state index in [2.05, 4.69) is 46.8 Å². The Balaban J connectivity index is 1.22. The number of amides is 1. The van der Waals surface area contributed by atoms with Gasteiger partial charge in [-0.15, -0.1) is 0 Å². The van der Waals surface area contributed by atoms with Crippen LogP contribution in [0.5, 0.6) is 5.75 Å². The van der Waals surface area contributed by atoms with Crippen LogP contribution in [0, 0.1) is 6.92 Å². The SMILES string of the molecule is Cc1ccc(Sc2ccc([C@@H]3[C@H](c4ccccn4)NC(=S)N3c3ccc(NC(=O)COc4ccccc4)cc3)o2)cc1. The summed E-state index contributed by atoms with van der Waals surface area (Å²) in [4.78, 5) is 20.2. The lowest BCUT2D eigenvalue weighted by molar-refractivity contribution is -0.118. The molecule has 2 atom stereocenters. The van der Waals surface area contributed by atoms with Crippen molar-refractivity contribution in [3.05, 3.63) is 132 Å². The van der Waals surface area contributed by atoms with E-state index in [9.17, 15) is 4.79 Å². The number of hydrogen-bond acceptors (Lipinski definition) is 6. The largest absolute Gasteiger partial charge is 0.484 e. The molecule has 7 nitrogen and oxygen atoms in total. The summed E-state index contributed by atoms with van der Waals surface area (Å²) in [6, 6.07) is 34.5. The summed E-state index contributed by atoms with van der Waals surface area (Å²) in [5.41, 5.74) is 3.59. The number of aryl methyl sites for hydroxylation is 1. The zero-order valence-corrected chi connectivity index (χ0v) is 24.4. The molecule has 1 fully saturated rings. The predicted molar refractivity (Wildman–Crippen MR) is 169 cm³/mol. The molecule has 210 valence electrons. The van der Waals surface area contributed by atoms with Gasteiger partial charge in [-0.1, -0.05) is 53.7 Å². The van der Waals surface area contributed by atoms with E-state index >= 15 is 0 Å². The summed E-state index contributed by atoms with van der Waals surface area (Å²) < 4.78 is 12.0. The normalized spacial score (nSPS) is 16.2. The lowest BCUT2D eigenvalue weighted by Crippen LogP contribution is -2.29. The fraction of sp³-hybridized carbons (Fsp3) is 0.121. The van der Waals surface area contributed by atoms with E-state index in [4.69, 9.17) is 21.4 Å². The molecule has 0 unspecified atom stereocenters. The van der Waals surface area contributed by atoms with Crippen LogP contribution in [0.15, 0.2) is 130 Å². The zero-order valence-electron chi connectivity index (χ0n) is 22.8. The third-order valence-corrected chi connectivity index (χ3v) is 8.02. The Kier molecular flexibility index (Phi) is 8.21. The zero-order chi connectivity index (χ0) is 28.9. The van der Waals surface area contributed by atoms with E-state index in [1.165, 1.54) is 5.56 Å². The highest BCUT2D eigenvalue weighted by molar-refractivity contribution is 7.99. The van der Waals surface area contributed by atoms with Gasteiger partial charge < -0.3 is 24.7 Å². The number of pyridine rings is 1. The van der Waals surface area contributed by atoms with Gasteiger partial charge in [-0.2, -0.15) is 0 Å². The van der Waals surface area contributed by atoms with Gasteiger partial charge >= 0.3 is 0 Å². The lowest BCUT2D eigenvalue weighted by atomic mass is 10.0. The summed E-state index contributed by atoms with van der Waals surface area (Å²) in [5, 5.41) is 7.70. The van der Waals surface area contributed by atoms with Gasteiger partial charge in [0, 0.05) is 22.5 Å². The maximum Gasteiger partial charge on any atom is 0.262 e. The molecule has 3 heterocycles.